The number of ether oxygens (including phenoxy) is 1. The lowest BCUT2D eigenvalue weighted by Gasteiger charge is -2.04. The lowest BCUT2D eigenvalue weighted by molar-refractivity contribution is -0.0498. The number of hydrogen-bond donors (Lipinski definition) is 2. The van der Waals surface area contributed by atoms with Gasteiger partial charge in [-0.2, -0.15) is 8.78 Å². The Bertz CT molecular complexity index is 634. The number of benzene rings is 1. The van der Waals surface area contributed by atoms with Crippen LogP contribution in [0.15, 0.2) is 36.5 Å². The monoisotopic (exact) mass is 281 g/mol. The van der Waals surface area contributed by atoms with Gasteiger partial charge in [0.05, 0.1) is 0 Å². The van der Waals surface area contributed by atoms with E-state index in [2.05, 4.69) is 9.72 Å². The minimum Gasteiger partial charge on any atom is -0.477 e. The molecule has 5 nitrogen and oxygen atoms in total. The third kappa shape index (κ3) is 3.00. The zero-order valence-corrected chi connectivity index (χ0v) is 9.97. The number of halogens is 2. The number of ketones is 1. The van der Waals surface area contributed by atoms with Crippen LogP contribution in [0, 0.1) is 0 Å². The Kier molecular flexibility index (Phi) is 3.79. The molecule has 0 aliphatic rings. The fourth-order valence-corrected chi connectivity index (χ4v) is 1.60. The Balaban J connectivity index is 2.18. The van der Waals surface area contributed by atoms with Crippen LogP contribution in [-0.2, 0) is 0 Å². The van der Waals surface area contributed by atoms with E-state index >= 15 is 0 Å². The quantitative estimate of drug-likeness (QED) is 0.825. The maximum Gasteiger partial charge on any atom is 0.387 e. The van der Waals surface area contributed by atoms with Crippen molar-refractivity contribution in [1.29, 1.82) is 0 Å². The number of aromatic carboxylic acids is 1. The van der Waals surface area contributed by atoms with Gasteiger partial charge in [-0.05, 0) is 30.3 Å². The van der Waals surface area contributed by atoms with Crippen LogP contribution >= 0.6 is 0 Å². The van der Waals surface area contributed by atoms with E-state index in [0.29, 0.717) is 0 Å². The summed E-state index contributed by atoms with van der Waals surface area (Å²) in [5.41, 5.74) is 0.304. The zero-order valence-electron chi connectivity index (χ0n) is 9.97. The summed E-state index contributed by atoms with van der Waals surface area (Å²) < 4.78 is 28.1. The van der Waals surface area contributed by atoms with Gasteiger partial charge in [-0.3, -0.25) is 4.79 Å². The van der Waals surface area contributed by atoms with Gasteiger partial charge >= 0.3 is 12.6 Å². The highest BCUT2D eigenvalue weighted by Crippen LogP contribution is 2.17. The van der Waals surface area contributed by atoms with Crippen molar-refractivity contribution in [3.8, 4) is 5.75 Å². The summed E-state index contributed by atoms with van der Waals surface area (Å²) in [6.07, 6.45) is 1.27. The van der Waals surface area contributed by atoms with Crippen LogP contribution < -0.4 is 4.74 Å². The maximum absolute atomic E-state index is 12.0. The number of H-pyrrole nitrogens is 1. The van der Waals surface area contributed by atoms with Gasteiger partial charge in [0.2, 0.25) is 0 Å². The van der Waals surface area contributed by atoms with Crippen molar-refractivity contribution in [3.63, 3.8) is 0 Å². The molecule has 1 aromatic heterocycles. The Morgan fingerprint density at radius 2 is 1.80 bits per heavy atom. The summed E-state index contributed by atoms with van der Waals surface area (Å²) in [6, 6.07) is 6.34. The summed E-state index contributed by atoms with van der Waals surface area (Å²) in [4.78, 5) is 25.2. The Labute approximate surface area is 111 Å². The number of aromatic amines is 1. The molecule has 1 aromatic carbocycles. The van der Waals surface area contributed by atoms with Crippen LogP contribution in [0.25, 0.3) is 0 Å². The molecule has 0 unspecified atom stereocenters. The van der Waals surface area contributed by atoms with Gasteiger partial charge in [0.15, 0.2) is 5.78 Å². The van der Waals surface area contributed by atoms with Crippen molar-refractivity contribution >= 4 is 11.8 Å². The van der Waals surface area contributed by atoms with Crippen LogP contribution in [0.5, 0.6) is 5.75 Å². The van der Waals surface area contributed by atoms with E-state index in [9.17, 15) is 18.4 Å². The second-order valence-corrected chi connectivity index (χ2v) is 3.84. The molecule has 104 valence electrons. The fraction of sp³-hybridized carbons (Fsp3) is 0.0769. The summed E-state index contributed by atoms with van der Waals surface area (Å²) in [5.74, 6) is -1.65. The molecule has 0 fully saturated rings. The van der Waals surface area contributed by atoms with Crippen LogP contribution in [0.2, 0.25) is 0 Å². The van der Waals surface area contributed by atoms with Gasteiger partial charge in [-0.1, -0.05) is 0 Å². The topological polar surface area (TPSA) is 79.4 Å². The standard InChI is InChI=1S/C13H9F2NO4/c14-13(15)20-9-3-1-7(2-4-9)11(17)8-5-10(12(18)19)16-6-8/h1-6,13,16H,(H,18,19). The number of carboxylic acids is 1. The second-order valence-electron chi connectivity index (χ2n) is 3.84. The predicted octanol–water partition coefficient (Wildman–Crippen LogP) is 2.55. The molecule has 0 bridgehead atoms. The number of carbonyl (C=O) groups excluding carboxylic acids is 1. The molecule has 0 spiro atoms. The summed E-state index contributed by atoms with van der Waals surface area (Å²) >= 11 is 0. The Morgan fingerprint density at radius 1 is 1.15 bits per heavy atom. The number of aromatic nitrogens is 1. The first-order valence-corrected chi connectivity index (χ1v) is 5.48. The minimum atomic E-state index is -2.93. The van der Waals surface area contributed by atoms with E-state index < -0.39 is 18.4 Å². The van der Waals surface area contributed by atoms with Crippen molar-refractivity contribution in [2.45, 2.75) is 6.61 Å². The van der Waals surface area contributed by atoms with Gasteiger partial charge in [0.1, 0.15) is 11.4 Å². The molecule has 0 amide bonds. The number of rotatable bonds is 5. The molecule has 2 N–H and O–H groups in total. The highest BCUT2D eigenvalue weighted by atomic mass is 19.3. The third-order valence-corrected chi connectivity index (χ3v) is 2.52. The van der Waals surface area contributed by atoms with E-state index in [1.807, 2.05) is 0 Å². The largest absolute Gasteiger partial charge is 0.477 e. The number of alkyl halides is 2. The van der Waals surface area contributed by atoms with Gasteiger partial charge in [-0.25, -0.2) is 4.79 Å². The van der Waals surface area contributed by atoms with E-state index in [1.165, 1.54) is 36.5 Å². The highest BCUT2D eigenvalue weighted by Gasteiger charge is 2.14. The van der Waals surface area contributed by atoms with Crippen molar-refractivity contribution in [1.82, 2.24) is 4.98 Å². The number of carbonyl (C=O) groups is 2. The van der Waals surface area contributed by atoms with E-state index in [0.717, 1.165) is 0 Å². The average Bonchev–Trinajstić information content (AvgIpc) is 2.88. The summed E-state index contributed by atoms with van der Waals surface area (Å²) in [5, 5.41) is 8.74. The molecule has 0 atom stereocenters. The third-order valence-electron chi connectivity index (χ3n) is 2.52. The first kappa shape index (κ1) is 13.7. The van der Waals surface area contributed by atoms with Crippen molar-refractivity contribution in [3.05, 3.63) is 53.3 Å². The van der Waals surface area contributed by atoms with Gasteiger partial charge in [0.25, 0.3) is 0 Å². The van der Waals surface area contributed by atoms with Crippen molar-refractivity contribution < 1.29 is 28.2 Å². The van der Waals surface area contributed by atoms with Gasteiger partial charge in [-0.15, -0.1) is 0 Å². The van der Waals surface area contributed by atoms with Crippen LogP contribution in [0.3, 0.4) is 0 Å². The van der Waals surface area contributed by atoms with Crippen LogP contribution in [0.4, 0.5) is 8.78 Å². The summed E-state index contributed by atoms with van der Waals surface area (Å²) in [6.45, 7) is -2.93. The van der Waals surface area contributed by atoms with E-state index in [-0.39, 0.29) is 22.6 Å². The molecular weight excluding hydrogens is 272 g/mol. The first-order valence-electron chi connectivity index (χ1n) is 5.48. The molecule has 2 rings (SSSR count). The number of nitrogens with one attached hydrogen (secondary N) is 1. The van der Waals surface area contributed by atoms with Crippen molar-refractivity contribution in [2.24, 2.45) is 0 Å². The molecule has 20 heavy (non-hydrogen) atoms. The van der Waals surface area contributed by atoms with Crippen LogP contribution in [-0.4, -0.2) is 28.5 Å². The second kappa shape index (κ2) is 5.52. The molecule has 0 radical (unpaired) electrons. The average molecular weight is 281 g/mol. The van der Waals surface area contributed by atoms with Gasteiger partial charge in [0, 0.05) is 17.3 Å². The van der Waals surface area contributed by atoms with Gasteiger partial charge < -0.3 is 14.8 Å². The number of carboxylic acid groups (broad SMARTS) is 1. The highest BCUT2D eigenvalue weighted by molar-refractivity contribution is 6.09. The summed E-state index contributed by atoms with van der Waals surface area (Å²) in [7, 11) is 0. The normalized spacial score (nSPS) is 10.6. The van der Waals surface area contributed by atoms with Crippen LogP contribution in [0.1, 0.15) is 26.4 Å². The molecule has 0 aliphatic heterocycles. The molecule has 0 aliphatic carbocycles. The predicted molar refractivity (Wildman–Crippen MR) is 64.3 cm³/mol. The SMILES string of the molecule is O=C(c1ccc(OC(F)F)cc1)c1c[nH]c(C(=O)O)c1. The molecular formula is C13H9F2NO4. The molecule has 1 heterocycles. The molecule has 2 aromatic rings. The maximum atomic E-state index is 12.0. The lowest BCUT2D eigenvalue weighted by atomic mass is 10.1. The Hall–Kier alpha value is -2.70. The zero-order chi connectivity index (χ0) is 14.7. The first-order chi connectivity index (χ1) is 9.47. The lowest BCUT2D eigenvalue weighted by Crippen LogP contribution is -2.03. The van der Waals surface area contributed by atoms with E-state index in [4.69, 9.17) is 5.11 Å². The smallest absolute Gasteiger partial charge is 0.387 e. The molecule has 7 heteroatoms. The minimum absolute atomic E-state index is 0.0585. The molecule has 0 saturated heterocycles. The fourth-order valence-electron chi connectivity index (χ4n) is 1.60. The number of hydrogen-bond acceptors (Lipinski definition) is 3. The van der Waals surface area contributed by atoms with E-state index in [1.54, 1.807) is 0 Å². The Morgan fingerprint density at radius 3 is 2.30 bits per heavy atom. The molecule has 0 saturated carbocycles. The van der Waals surface area contributed by atoms with Crippen molar-refractivity contribution in [2.75, 3.05) is 0 Å².